The summed E-state index contributed by atoms with van der Waals surface area (Å²) < 4.78 is 12.2. The number of ether oxygens (including phenoxy) is 2. The summed E-state index contributed by atoms with van der Waals surface area (Å²) >= 11 is 3.52. The van der Waals surface area contributed by atoms with Gasteiger partial charge in [-0.3, -0.25) is 14.9 Å². The number of nitro groups is 1. The van der Waals surface area contributed by atoms with E-state index in [0.717, 1.165) is 10.2 Å². The number of nitriles is 1. The van der Waals surface area contributed by atoms with E-state index < -0.39 is 10.8 Å². The van der Waals surface area contributed by atoms with E-state index in [9.17, 15) is 20.2 Å². The molecule has 2 N–H and O–H groups in total. The number of non-ortho nitro benzene ring substituents is 1. The Morgan fingerprint density at radius 1 is 1.26 bits per heavy atom. The lowest BCUT2D eigenvalue weighted by molar-refractivity contribution is -0.384. The second-order valence-corrected chi connectivity index (χ2v) is 11.1. The fourth-order valence-corrected chi connectivity index (χ4v) is 5.50. The number of nitrogens with two attached hydrogens (primary N) is 1. The Hall–Kier alpha value is -3.68. The number of ketones is 1. The second-order valence-electron chi connectivity index (χ2n) is 10.2. The van der Waals surface area contributed by atoms with E-state index in [1.165, 1.54) is 12.1 Å². The van der Waals surface area contributed by atoms with Crippen molar-refractivity contribution < 1.29 is 19.2 Å². The van der Waals surface area contributed by atoms with E-state index in [-0.39, 0.29) is 29.1 Å². The average molecular weight is 581 g/mol. The molecule has 1 atom stereocenters. The zero-order valence-electron chi connectivity index (χ0n) is 21.5. The summed E-state index contributed by atoms with van der Waals surface area (Å²) in [6.45, 7) is 4.95. The summed E-state index contributed by atoms with van der Waals surface area (Å²) in [5, 5.41) is 21.5. The van der Waals surface area contributed by atoms with Gasteiger partial charge < -0.3 is 20.1 Å². The first-order valence-corrected chi connectivity index (χ1v) is 12.9. The standard InChI is InChI=1S/C28H29BrN4O5/c1-28(2)13-22-26(23(34)14-28)25(21(15-30)27(31)32(22)9-10-37-3)20-12-18(29)7-8-24(20)38-16-17-5-4-6-19(11-17)33(35)36/h4-8,11-12,25H,9-10,13-14,16,31H2,1-3H3/t25-/m0/s1. The van der Waals surface area contributed by atoms with Crippen molar-refractivity contribution in [2.75, 3.05) is 20.3 Å². The average Bonchev–Trinajstić information content (AvgIpc) is 2.86. The highest BCUT2D eigenvalue weighted by molar-refractivity contribution is 9.10. The molecule has 1 aliphatic carbocycles. The number of carbonyl (C=O) groups is 1. The number of carbonyl (C=O) groups excluding carboxylic acids is 1. The Kier molecular flexibility index (Phi) is 7.90. The van der Waals surface area contributed by atoms with Gasteiger partial charge in [-0.25, -0.2) is 0 Å². The molecule has 0 fully saturated rings. The minimum atomic E-state index is -0.713. The molecule has 0 aromatic heterocycles. The third-order valence-corrected chi connectivity index (χ3v) is 7.30. The van der Waals surface area contributed by atoms with Gasteiger partial charge in [-0.15, -0.1) is 0 Å². The number of nitro benzene ring substituents is 1. The molecule has 9 nitrogen and oxygen atoms in total. The number of nitrogens with zero attached hydrogens (tertiary/aromatic N) is 3. The van der Waals surface area contributed by atoms with E-state index in [2.05, 4.69) is 22.0 Å². The fourth-order valence-electron chi connectivity index (χ4n) is 5.12. The first kappa shape index (κ1) is 27.4. The lowest BCUT2D eigenvalue weighted by Crippen LogP contribution is -2.43. The molecule has 0 unspecified atom stereocenters. The highest BCUT2D eigenvalue weighted by atomic mass is 79.9. The van der Waals surface area contributed by atoms with Gasteiger partial charge in [0.25, 0.3) is 5.69 Å². The zero-order valence-corrected chi connectivity index (χ0v) is 23.1. The van der Waals surface area contributed by atoms with Gasteiger partial charge in [-0.2, -0.15) is 5.26 Å². The van der Waals surface area contributed by atoms with Crippen LogP contribution in [0.2, 0.25) is 0 Å². The van der Waals surface area contributed by atoms with Gasteiger partial charge in [0.05, 0.1) is 29.1 Å². The number of hydrogen-bond donors (Lipinski definition) is 1. The van der Waals surface area contributed by atoms with Crippen molar-refractivity contribution in [3.05, 3.63) is 90.8 Å². The van der Waals surface area contributed by atoms with E-state index in [1.54, 1.807) is 31.4 Å². The van der Waals surface area contributed by atoms with Gasteiger partial charge in [0.2, 0.25) is 0 Å². The SMILES string of the molecule is COCCN1C(N)=C(C#N)[C@H](c2cc(Br)ccc2OCc2cccc([N+](=O)[O-])c2)C2=C1CC(C)(C)CC2=O. The Labute approximate surface area is 229 Å². The van der Waals surface area contributed by atoms with Crippen LogP contribution in [0.15, 0.2) is 69.6 Å². The number of halogens is 1. The van der Waals surface area contributed by atoms with Crippen molar-refractivity contribution in [1.82, 2.24) is 4.90 Å². The summed E-state index contributed by atoms with van der Waals surface area (Å²) in [4.78, 5) is 26.3. The molecule has 0 saturated heterocycles. The topological polar surface area (TPSA) is 132 Å². The second kappa shape index (κ2) is 11.0. The van der Waals surface area contributed by atoms with E-state index in [1.807, 2.05) is 24.8 Å². The van der Waals surface area contributed by atoms with Gasteiger partial charge in [-0.05, 0) is 35.6 Å². The largest absolute Gasteiger partial charge is 0.489 e. The molecule has 1 heterocycles. The third kappa shape index (κ3) is 5.44. The first-order valence-electron chi connectivity index (χ1n) is 12.1. The lowest BCUT2D eigenvalue weighted by Gasteiger charge is -2.44. The van der Waals surface area contributed by atoms with Crippen LogP contribution in [0.1, 0.15) is 43.7 Å². The van der Waals surface area contributed by atoms with Gasteiger partial charge >= 0.3 is 0 Å². The first-order chi connectivity index (χ1) is 18.1. The lowest BCUT2D eigenvalue weighted by atomic mass is 9.68. The number of Topliss-reactive ketones (excluding diaryl/α,β-unsaturated/α-hetero) is 1. The van der Waals surface area contributed by atoms with Crippen LogP contribution in [-0.2, 0) is 16.1 Å². The fraction of sp³-hybridized carbons (Fsp3) is 0.357. The molecule has 1 aliphatic heterocycles. The number of methoxy groups -OCH3 is 1. The molecule has 0 saturated carbocycles. The summed E-state index contributed by atoms with van der Waals surface area (Å²) in [6.07, 6.45) is 0.961. The molecule has 0 amide bonds. The highest BCUT2D eigenvalue weighted by Crippen LogP contribution is 2.50. The third-order valence-electron chi connectivity index (χ3n) is 6.80. The van der Waals surface area contributed by atoms with E-state index in [0.29, 0.717) is 54.3 Å². The maximum atomic E-state index is 13.7. The Balaban J connectivity index is 1.82. The van der Waals surface area contributed by atoms with Crippen LogP contribution in [0.3, 0.4) is 0 Å². The monoisotopic (exact) mass is 580 g/mol. The van der Waals surface area contributed by atoms with Crippen LogP contribution in [0.5, 0.6) is 5.75 Å². The molecule has 38 heavy (non-hydrogen) atoms. The molecule has 0 spiro atoms. The number of rotatable bonds is 8. The number of hydrogen-bond acceptors (Lipinski definition) is 8. The van der Waals surface area contributed by atoms with Crippen LogP contribution < -0.4 is 10.5 Å². The van der Waals surface area contributed by atoms with Crippen molar-refractivity contribution >= 4 is 27.4 Å². The number of allylic oxidation sites excluding steroid dienone is 3. The Bertz CT molecular complexity index is 1390. The zero-order chi connectivity index (χ0) is 27.6. The minimum Gasteiger partial charge on any atom is -0.489 e. The summed E-state index contributed by atoms with van der Waals surface area (Å²) in [7, 11) is 1.59. The predicted octanol–water partition coefficient (Wildman–Crippen LogP) is 5.32. The molecule has 4 rings (SSSR count). The summed E-state index contributed by atoms with van der Waals surface area (Å²) in [6, 6.07) is 13.9. The molecular formula is C28H29BrN4O5. The van der Waals surface area contributed by atoms with Crippen LogP contribution in [0, 0.1) is 26.9 Å². The normalized spacial score (nSPS) is 18.8. The highest BCUT2D eigenvalue weighted by Gasteiger charge is 2.45. The van der Waals surface area contributed by atoms with Crippen molar-refractivity contribution in [2.24, 2.45) is 11.1 Å². The molecule has 2 aromatic carbocycles. The van der Waals surface area contributed by atoms with Gasteiger partial charge in [0, 0.05) is 53.5 Å². The smallest absolute Gasteiger partial charge is 0.269 e. The van der Waals surface area contributed by atoms with Crippen molar-refractivity contribution in [3.8, 4) is 11.8 Å². The molecule has 10 heteroatoms. The molecular weight excluding hydrogens is 552 g/mol. The van der Waals surface area contributed by atoms with Crippen molar-refractivity contribution in [1.29, 1.82) is 5.26 Å². The summed E-state index contributed by atoms with van der Waals surface area (Å²) in [5.74, 6) is 0.00650. The minimum absolute atomic E-state index is 0.0294. The Morgan fingerprint density at radius 2 is 2.03 bits per heavy atom. The van der Waals surface area contributed by atoms with Crippen LogP contribution >= 0.6 is 15.9 Å². The molecule has 0 radical (unpaired) electrons. The van der Waals surface area contributed by atoms with Gasteiger partial charge in [0.15, 0.2) is 5.78 Å². The molecule has 2 aliphatic rings. The van der Waals surface area contributed by atoms with Crippen LogP contribution in [0.25, 0.3) is 0 Å². The molecule has 2 aromatic rings. The quantitative estimate of drug-likeness (QED) is 0.327. The van der Waals surface area contributed by atoms with Crippen LogP contribution in [-0.4, -0.2) is 35.9 Å². The van der Waals surface area contributed by atoms with Crippen molar-refractivity contribution in [2.45, 2.75) is 39.2 Å². The van der Waals surface area contributed by atoms with E-state index >= 15 is 0 Å². The van der Waals surface area contributed by atoms with Crippen LogP contribution in [0.4, 0.5) is 5.69 Å². The van der Waals surface area contributed by atoms with Crippen molar-refractivity contribution in [3.63, 3.8) is 0 Å². The molecule has 198 valence electrons. The predicted molar refractivity (Wildman–Crippen MR) is 145 cm³/mol. The summed E-state index contributed by atoms with van der Waals surface area (Å²) in [5.41, 5.74) is 9.16. The maximum absolute atomic E-state index is 13.7. The Morgan fingerprint density at radius 3 is 2.71 bits per heavy atom. The van der Waals surface area contributed by atoms with Gasteiger partial charge in [-0.1, -0.05) is 41.9 Å². The molecule has 0 bridgehead atoms. The van der Waals surface area contributed by atoms with Gasteiger partial charge in [0.1, 0.15) is 18.2 Å². The number of benzene rings is 2. The maximum Gasteiger partial charge on any atom is 0.269 e. The van der Waals surface area contributed by atoms with E-state index in [4.69, 9.17) is 15.2 Å².